The van der Waals surface area contributed by atoms with Crippen molar-refractivity contribution in [1.82, 2.24) is 15.1 Å². The van der Waals surface area contributed by atoms with Gasteiger partial charge in [-0.25, -0.2) is 0 Å². The predicted octanol–water partition coefficient (Wildman–Crippen LogP) is -0.179. The van der Waals surface area contributed by atoms with Crippen LogP contribution in [0.2, 0.25) is 0 Å². The van der Waals surface area contributed by atoms with Gasteiger partial charge in [-0.15, -0.1) is 0 Å². The summed E-state index contributed by atoms with van der Waals surface area (Å²) >= 11 is 2.05. The summed E-state index contributed by atoms with van der Waals surface area (Å²) in [5, 5.41) is 2.75. The minimum atomic E-state index is 0.104. The van der Waals surface area contributed by atoms with Gasteiger partial charge in [-0.3, -0.25) is 9.69 Å². The summed E-state index contributed by atoms with van der Waals surface area (Å²) in [5.41, 5.74) is 5.38. The number of carbonyl (C=O) groups is 1. The van der Waals surface area contributed by atoms with E-state index in [4.69, 9.17) is 5.73 Å². The van der Waals surface area contributed by atoms with Crippen LogP contribution >= 0.6 is 11.8 Å². The summed E-state index contributed by atoms with van der Waals surface area (Å²) < 4.78 is 0. The fourth-order valence-corrected chi connectivity index (χ4v) is 3.48. The second-order valence-electron chi connectivity index (χ2n) is 4.96. The molecule has 2 fully saturated rings. The monoisotopic (exact) mass is 288 g/mol. The van der Waals surface area contributed by atoms with Crippen molar-refractivity contribution in [3.8, 4) is 0 Å². The van der Waals surface area contributed by atoms with Crippen LogP contribution < -0.4 is 11.1 Å². The van der Waals surface area contributed by atoms with E-state index in [0.29, 0.717) is 6.04 Å². The highest BCUT2D eigenvalue weighted by Crippen LogP contribution is 2.20. The molecule has 2 saturated heterocycles. The van der Waals surface area contributed by atoms with Gasteiger partial charge in [0.2, 0.25) is 5.91 Å². The normalized spacial score (nSPS) is 21.7. The van der Waals surface area contributed by atoms with E-state index in [0.717, 1.165) is 25.9 Å². The van der Waals surface area contributed by atoms with Gasteiger partial charge in [-0.1, -0.05) is 0 Å². The summed E-state index contributed by atoms with van der Waals surface area (Å²) in [5.74, 6) is 2.64. The van der Waals surface area contributed by atoms with Crippen LogP contribution in [0.4, 0.5) is 0 Å². The van der Waals surface area contributed by atoms with Crippen LogP contribution in [0.15, 0.2) is 0 Å². The molecule has 0 aliphatic carbocycles. The molecule has 0 spiro atoms. The van der Waals surface area contributed by atoms with Crippen molar-refractivity contribution < 1.29 is 4.79 Å². The number of hydrogen-bond acceptors (Lipinski definition) is 5. The fourth-order valence-electron chi connectivity index (χ4n) is 2.55. The number of nitrogens with one attached hydrogen (secondary N) is 1. The van der Waals surface area contributed by atoms with Crippen molar-refractivity contribution in [2.24, 2.45) is 5.73 Å². The molecule has 0 aromatic carbocycles. The first-order valence-corrected chi connectivity index (χ1v) is 8.26. The van der Waals surface area contributed by atoms with E-state index in [1.807, 2.05) is 30.8 Å². The molecule has 1 amide bonds. The number of carbonyl (C=O) groups excluding carboxylic acids is 1. The topological polar surface area (TPSA) is 61.6 Å². The molecular formula is C13H28N4OS. The van der Waals surface area contributed by atoms with E-state index >= 15 is 0 Å². The van der Waals surface area contributed by atoms with Crippen LogP contribution in [-0.4, -0.2) is 80.1 Å². The first-order valence-electron chi connectivity index (χ1n) is 7.11. The van der Waals surface area contributed by atoms with Gasteiger partial charge in [0.05, 0.1) is 6.54 Å². The molecule has 5 nitrogen and oxygen atoms in total. The molecule has 0 unspecified atom stereocenters. The lowest BCUT2D eigenvalue weighted by molar-refractivity contribution is -0.131. The summed E-state index contributed by atoms with van der Waals surface area (Å²) in [6.45, 7) is 4.39. The van der Waals surface area contributed by atoms with Crippen LogP contribution in [0.1, 0.15) is 12.8 Å². The molecule has 0 aromatic heterocycles. The quantitative estimate of drug-likeness (QED) is 0.738. The zero-order chi connectivity index (χ0) is 14.1. The lowest BCUT2D eigenvalue weighted by Gasteiger charge is -2.40. The number of hydrogen-bond donors (Lipinski definition) is 2. The van der Waals surface area contributed by atoms with E-state index in [9.17, 15) is 4.79 Å². The molecule has 19 heavy (non-hydrogen) atoms. The number of nitrogens with two attached hydrogens (primary N) is 1. The standard InChI is InChI=1S/C11H21N3OS.C2H7N/c12-9-11(15)14-3-1-10(2-4-14)13-5-7-16-8-6-13;1-3-2/h10H,1-9,12H2;3H,1-2H3. The Labute approximate surface area is 121 Å². The molecule has 0 radical (unpaired) electrons. The fraction of sp³-hybridized carbons (Fsp3) is 0.923. The largest absolute Gasteiger partial charge is 0.341 e. The Bertz CT molecular complexity index is 251. The van der Waals surface area contributed by atoms with Gasteiger partial charge >= 0.3 is 0 Å². The number of amides is 1. The third kappa shape index (κ3) is 5.69. The van der Waals surface area contributed by atoms with Crippen molar-refractivity contribution in [2.45, 2.75) is 18.9 Å². The van der Waals surface area contributed by atoms with Crippen LogP contribution in [0.3, 0.4) is 0 Å². The van der Waals surface area contributed by atoms with Crippen molar-refractivity contribution in [2.75, 3.05) is 58.3 Å². The van der Waals surface area contributed by atoms with Gasteiger partial charge in [-0.2, -0.15) is 11.8 Å². The van der Waals surface area contributed by atoms with Crippen molar-refractivity contribution in [3.63, 3.8) is 0 Å². The molecule has 0 bridgehead atoms. The molecule has 2 aliphatic heterocycles. The maximum Gasteiger partial charge on any atom is 0.236 e. The lowest BCUT2D eigenvalue weighted by Crippen LogP contribution is -2.50. The lowest BCUT2D eigenvalue weighted by atomic mass is 10.0. The number of likely N-dealkylation sites (tertiary alicyclic amines) is 1. The molecule has 112 valence electrons. The molecule has 2 heterocycles. The van der Waals surface area contributed by atoms with Crippen molar-refractivity contribution >= 4 is 17.7 Å². The van der Waals surface area contributed by atoms with Crippen LogP contribution in [0.5, 0.6) is 0 Å². The first-order chi connectivity index (χ1) is 9.22. The van der Waals surface area contributed by atoms with Gasteiger partial charge in [0.25, 0.3) is 0 Å². The minimum absolute atomic E-state index is 0.104. The Kier molecular flexibility index (Phi) is 8.45. The summed E-state index contributed by atoms with van der Waals surface area (Å²) in [6, 6.07) is 0.697. The molecule has 6 heteroatoms. The van der Waals surface area contributed by atoms with Gasteiger partial charge < -0.3 is 16.0 Å². The number of nitrogens with zero attached hydrogens (tertiary/aromatic N) is 2. The first kappa shape index (κ1) is 16.8. The van der Waals surface area contributed by atoms with Crippen LogP contribution in [0.25, 0.3) is 0 Å². The Morgan fingerprint density at radius 2 is 1.74 bits per heavy atom. The molecule has 3 N–H and O–H groups in total. The maximum atomic E-state index is 11.4. The molecule has 0 saturated carbocycles. The van der Waals surface area contributed by atoms with E-state index in [1.165, 1.54) is 24.6 Å². The summed E-state index contributed by atoms with van der Waals surface area (Å²) in [6.07, 6.45) is 2.24. The second-order valence-corrected chi connectivity index (χ2v) is 6.19. The number of rotatable bonds is 2. The Balaban J connectivity index is 0.000000550. The highest BCUT2D eigenvalue weighted by atomic mass is 32.2. The van der Waals surface area contributed by atoms with Gasteiger partial charge in [0.15, 0.2) is 0 Å². The molecular weight excluding hydrogens is 260 g/mol. The predicted molar refractivity (Wildman–Crippen MR) is 82.5 cm³/mol. The number of thioether (sulfide) groups is 1. The van der Waals surface area contributed by atoms with E-state index in [-0.39, 0.29) is 12.5 Å². The van der Waals surface area contributed by atoms with E-state index < -0.39 is 0 Å². The molecule has 2 rings (SSSR count). The summed E-state index contributed by atoms with van der Waals surface area (Å²) in [4.78, 5) is 15.9. The van der Waals surface area contributed by atoms with Crippen molar-refractivity contribution in [3.05, 3.63) is 0 Å². The zero-order valence-corrected chi connectivity index (χ0v) is 13.0. The Hall–Kier alpha value is -0.300. The smallest absolute Gasteiger partial charge is 0.236 e. The third-order valence-corrected chi connectivity index (χ3v) is 4.50. The maximum absolute atomic E-state index is 11.4. The average Bonchev–Trinajstić information content (AvgIpc) is 2.48. The minimum Gasteiger partial charge on any atom is -0.341 e. The zero-order valence-electron chi connectivity index (χ0n) is 12.2. The van der Waals surface area contributed by atoms with E-state index in [1.54, 1.807) is 0 Å². The Morgan fingerprint density at radius 3 is 2.21 bits per heavy atom. The van der Waals surface area contributed by atoms with Gasteiger partial charge in [-0.05, 0) is 26.9 Å². The number of piperidine rings is 1. The third-order valence-electron chi connectivity index (χ3n) is 3.55. The highest BCUT2D eigenvalue weighted by Gasteiger charge is 2.26. The second kappa shape index (κ2) is 9.58. The van der Waals surface area contributed by atoms with Gasteiger partial charge in [0.1, 0.15) is 0 Å². The van der Waals surface area contributed by atoms with E-state index in [2.05, 4.69) is 10.2 Å². The van der Waals surface area contributed by atoms with Crippen molar-refractivity contribution in [1.29, 1.82) is 0 Å². The summed E-state index contributed by atoms with van der Waals surface area (Å²) in [7, 11) is 3.75. The van der Waals surface area contributed by atoms with Crippen LogP contribution in [0, 0.1) is 0 Å². The van der Waals surface area contributed by atoms with Gasteiger partial charge in [0, 0.05) is 43.7 Å². The van der Waals surface area contributed by atoms with Crippen LogP contribution in [-0.2, 0) is 4.79 Å². The Morgan fingerprint density at radius 1 is 1.21 bits per heavy atom. The average molecular weight is 288 g/mol. The SMILES string of the molecule is CNC.NCC(=O)N1CCC(N2CCSCC2)CC1. The molecule has 2 aliphatic rings. The molecule has 0 aromatic rings. The highest BCUT2D eigenvalue weighted by molar-refractivity contribution is 7.99. The molecule has 0 atom stereocenters.